The second-order valence-corrected chi connectivity index (χ2v) is 4.10. The highest BCUT2D eigenvalue weighted by Crippen LogP contribution is 2.23. The van der Waals surface area contributed by atoms with Gasteiger partial charge in [0.1, 0.15) is 11.6 Å². The van der Waals surface area contributed by atoms with Gasteiger partial charge in [-0.25, -0.2) is 4.39 Å². The molecule has 0 heterocycles. The molecule has 2 N–H and O–H groups in total. The van der Waals surface area contributed by atoms with E-state index in [1.54, 1.807) is 25.1 Å². The van der Waals surface area contributed by atoms with Crippen molar-refractivity contribution in [3.8, 4) is 16.9 Å². The lowest BCUT2D eigenvalue weighted by atomic mass is 10.0. The van der Waals surface area contributed by atoms with Gasteiger partial charge in [0.05, 0.1) is 5.56 Å². The quantitative estimate of drug-likeness (QED) is 0.890. The molecule has 0 aromatic heterocycles. The predicted molar refractivity (Wildman–Crippen MR) is 71.5 cm³/mol. The molecule has 0 unspecified atom stereocenters. The maximum Gasteiger partial charge on any atom is 0.254 e. The van der Waals surface area contributed by atoms with Crippen LogP contribution in [0.1, 0.15) is 17.3 Å². The summed E-state index contributed by atoms with van der Waals surface area (Å²) in [6.45, 7) is 2.23. The predicted octanol–water partition coefficient (Wildman–Crippen LogP) is 2.95. The summed E-state index contributed by atoms with van der Waals surface area (Å²) in [5, 5.41) is 11.8. The molecular weight excluding hydrogens is 245 g/mol. The molecule has 0 atom stereocenters. The van der Waals surface area contributed by atoms with Crippen LogP contribution in [0.2, 0.25) is 0 Å². The number of benzene rings is 2. The maximum absolute atomic E-state index is 13.9. The van der Waals surface area contributed by atoms with Crippen molar-refractivity contribution < 1.29 is 14.3 Å². The molecule has 2 rings (SSSR count). The number of hydrogen-bond acceptors (Lipinski definition) is 2. The summed E-state index contributed by atoms with van der Waals surface area (Å²) in [7, 11) is 0. The van der Waals surface area contributed by atoms with Gasteiger partial charge in [-0.15, -0.1) is 0 Å². The lowest BCUT2D eigenvalue weighted by molar-refractivity contribution is 0.0952. The molecule has 1 amide bonds. The van der Waals surface area contributed by atoms with E-state index in [0.29, 0.717) is 12.1 Å². The number of halogens is 1. The Balaban J connectivity index is 2.33. The second kappa shape index (κ2) is 5.52. The maximum atomic E-state index is 13.9. The van der Waals surface area contributed by atoms with Crippen molar-refractivity contribution in [1.82, 2.24) is 5.32 Å². The van der Waals surface area contributed by atoms with Crippen LogP contribution < -0.4 is 5.32 Å². The van der Waals surface area contributed by atoms with Crippen LogP contribution in [0, 0.1) is 5.82 Å². The Morgan fingerprint density at radius 2 is 1.79 bits per heavy atom. The highest BCUT2D eigenvalue weighted by Gasteiger charge is 2.11. The molecule has 0 spiro atoms. The Labute approximate surface area is 110 Å². The van der Waals surface area contributed by atoms with E-state index in [1.165, 1.54) is 24.3 Å². The molecule has 0 aliphatic rings. The summed E-state index contributed by atoms with van der Waals surface area (Å²) >= 11 is 0. The second-order valence-electron chi connectivity index (χ2n) is 4.10. The molecule has 2 aromatic carbocycles. The average Bonchev–Trinajstić information content (AvgIpc) is 2.39. The van der Waals surface area contributed by atoms with E-state index < -0.39 is 11.7 Å². The number of phenols is 1. The standard InChI is InChI=1S/C15H14FNO2/c1-2-17-15(19)13-8-5-11(9-14(13)16)10-3-6-12(18)7-4-10/h3-9,18H,2H2,1H3,(H,17,19). The van der Waals surface area contributed by atoms with Crippen molar-refractivity contribution in [3.05, 3.63) is 53.8 Å². The van der Waals surface area contributed by atoms with Crippen molar-refractivity contribution in [2.75, 3.05) is 6.54 Å². The number of carbonyl (C=O) groups excluding carboxylic acids is 1. The Morgan fingerprint density at radius 1 is 1.16 bits per heavy atom. The first-order chi connectivity index (χ1) is 9.11. The number of aromatic hydroxyl groups is 1. The lowest BCUT2D eigenvalue weighted by Crippen LogP contribution is -2.23. The summed E-state index contributed by atoms with van der Waals surface area (Å²) in [6, 6.07) is 10.9. The van der Waals surface area contributed by atoms with Gasteiger partial charge >= 0.3 is 0 Å². The van der Waals surface area contributed by atoms with E-state index >= 15 is 0 Å². The fourth-order valence-corrected chi connectivity index (χ4v) is 1.79. The average molecular weight is 259 g/mol. The molecule has 2 aromatic rings. The zero-order valence-corrected chi connectivity index (χ0v) is 10.5. The van der Waals surface area contributed by atoms with Crippen molar-refractivity contribution in [3.63, 3.8) is 0 Å². The van der Waals surface area contributed by atoms with Crippen LogP contribution in [0.25, 0.3) is 11.1 Å². The summed E-state index contributed by atoms with van der Waals surface area (Å²) in [5.41, 5.74) is 1.47. The van der Waals surface area contributed by atoms with Crippen LogP contribution in [0.5, 0.6) is 5.75 Å². The summed E-state index contributed by atoms with van der Waals surface area (Å²) in [6.07, 6.45) is 0. The van der Waals surface area contributed by atoms with E-state index in [0.717, 1.165) is 5.56 Å². The zero-order chi connectivity index (χ0) is 13.8. The number of hydrogen-bond donors (Lipinski definition) is 2. The normalized spacial score (nSPS) is 10.2. The monoisotopic (exact) mass is 259 g/mol. The molecule has 0 aliphatic carbocycles. The zero-order valence-electron chi connectivity index (χ0n) is 10.5. The highest BCUT2D eigenvalue weighted by atomic mass is 19.1. The number of phenolic OH excluding ortho intramolecular Hbond substituents is 1. The molecular formula is C15H14FNO2. The van der Waals surface area contributed by atoms with E-state index in [9.17, 15) is 14.3 Å². The first kappa shape index (κ1) is 13.1. The fourth-order valence-electron chi connectivity index (χ4n) is 1.79. The molecule has 0 saturated carbocycles. The Bertz CT molecular complexity index is 594. The number of rotatable bonds is 3. The Hall–Kier alpha value is -2.36. The van der Waals surface area contributed by atoms with Gasteiger partial charge in [0, 0.05) is 6.54 Å². The third-order valence-electron chi connectivity index (χ3n) is 2.75. The highest BCUT2D eigenvalue weighted by molar-refractivity contribution is 5.95. The molecule has 4 heteroatoms. The third kappa shape index (κ3) is 2.91. The minimum Gasteiger partial charge on any atom is -0.508 e. The van der Waals surface area contributed by atoms with Gasteiger partial charge in [-0.1, -0.05) is 18.2 Å². The van der Waals surface area contributed by atoms with Crippen molar-refractivity contribution >= 4 is 5.91 Å². The smallest absolute Gasteiger partial charge is 0.254 e. The van der Waals surface area contributed by atoms with Crippen LogP contribution in [-0.2, 0) is 0 Å². The molecule has 0 radical (unpaired) electrons. The van der Waals surface area contributed by atoms with Crippen LogP contribution in [0.3, 0.4) is 0 Å². The molecule has 0 bridgehead atoms. The van der Waals surface area contributed by atoms with Gasteiger partial charge in [-0.05, 0) is 42.3 Å². The van der Waals surface area contributed by atoms with Crippen LogP contribution in [0.15, 0.2) is 42.5 Å². The van der Waals surface area contributed by atoms with Gasteiger partial charge in [0.15, 0.2) is 0 Å². The largest absolute Gasteiger partial charge is 0.508 e. The topological polar surface area (TPSA) is 49.3 Å². The Morgan fingerprint density at radius 3 is 2.37 bits per heavy atom. The van der Waals surface area contributed by atoms with Crippen LogP contribution >= 0.6 is 0 Å². The van der Waals surface area contributed by atoms with Crippen molar-refractivity contribution in [2.45, 2.75) is 6.92 Å². The molecule has 98 valence electrons. The third-order valence-corrected chi connectivity index (χ3v) is 2.75. The first-order valence-electron chi connectivity index (χ1n) is 5.99. The van der Waals surface area contributed by atoms with Crippen LogP contribution in [0.4, 0.5) is 4.39 Å². The van der Waals surface area contributed by atoms with Gasteiger partial charge in [0.25, 0.3) is 5.91 Å². The summed E-state index contributed by atoms with van der Waals surface area (Å²) in [5.74, 6) is -0.822. The number of amides is 1. The van der Waals surface area contributed by atoms with Crippen molar-refractivity contribution in [1.29, 1.82) is 0 Å². The van der Waals surface area contributed by atoms with Crippen molar-refractivity contribution in [2.24, 2.45) is 0 Å². The van der Waals surface area contributed by atoms with E-state index in [4.69, 9.17) is 0 Å². The van der Waals surface area contributed by atoms with E-state index in [1.807, 2.05) is 0 Å². The Kier molecular flexibility index (Phi) is 3.80. The van der Waals surface area contributed by atoms with E-state index in [2.05, 4.69) is 5.32 Å². The lowest BCUT2D eigenvalue weighted by Gasteiger charge is -2.06. The molecule has 19 heavy (non-hydrogen) atoms. The minimum absolute atomic E-state index is 0.0318. The van der Waals surface area contributed by atoms with Crippen LogP contribution in [-0.4, -0.2) is 17.6 Å². The van der Waals surface area contributed by atoms with Gasteiger partial charge in [-0.2, -0.15) is 0 Å². The van der Waals surface area contributed by atoms with Gasteiger partial charge in [-0.3, -0.25) is 4.79 Å². The molecule has 0 aliphatic heterocycles. The van der Waals surface area contributed by atoms with Gasteiger partial charge in [0.2, 0.25) is 0 Å². The first-order valence-corrected chi connectivity index (χ1v) is 5.99. The summed E-state index contributed by atoms with van der Waals surface area (Å²) in [4.78, 5) is 11.6. The summed E-state index contributed by atoms with van der Waals surface area (Å²) < 4.78 is 13.9. The molecule has 3 nitrogen and oxygen atoms in total. The number of nitrogens with one attached hydrogen (secondary N) is 1. The van der Waals surface area contributed by atoms with E-state index in [-0.39, 0.29) is 11.3 Å². The van der Waals surface area contributed by atoms with Gasteiger partial charge < -0.3 is 10.4 Å². The minimum atomic E-state index is -0.559. The fraction of sp³-hybridized carbons (Fsp3) is 0.133. The number of carbonyl (C=O) groups is 1. The molecule has 0 saturated heterocycles. The molecule has 0 fully saturated rings. The SMILES string of the molecule is CCNC(=O)c1ccc(-c2ccc(O)cc2)cc1F.